The number of benzene rings is 1. The lowest BCUT2D eigenvalue weighted by atomic mass is 9.95. The maximum atomic E-state index is 15.9. The van der Waals surface area contributed by atoms with Gasteiger partial charge in [0, 0.05) is 11.8 Å². The molecule has 5 rings (SSSR count). The number of rotatable bonds is 7. The summed E-state index contributed by atoms with van der Waals surface area (Å²) in [5, 5.41) is 0.415. The van der Waals surface area contributed by atoms with Crippen LogP contribution >= 0.6 is 0 Å². The summed E-state index contributed by atoms with van der Waals surface area (Å²) in [7, 11) is 2.01. The van der Waals surface area contributed by atoms with Gasteiger partial charge < -0.3 is 9.47 Å². The number of fused-ring (bicyclic) bond motifs is 2. The van der Waals surface area contributed by atoms with Crippen LogP contribution in [0.3, 0.4) is 0 Å². The second-order valence-electron chi connectivity index (χ2n) is 9.02. The summed E-state index contributed by atoms with van der Waals surface area (Å²) >= 11 is 0. The van der Waals surface area contributed by atoms with E-state index in [-0.39, 0.29) is 28.6 Å². The third kappa shape index (κ3) is 4.69. The fourth-order valence-corrected chi connectivity index (χ4v) is 5.34. The maximum absolute atomic E-state index is 15.9. The molecule has 2 aromatic heterocycles. The van der Waals surface area contributed by atoms with E-state index in [0.29, 0.717) is 24.7 Å². The predicted octanol–water partition coefficient (Wildman–Crippen LogP) is 5.94. The molecule has 190 valence electrons. The zero-order chi connectivity index (χ0) is 25.7. The third-order valence-corrected chi connectivity index (χ3v) is 7.15. The van der Waals surface area contributed by atoms with Crippen molar-refractivity contribution >= 4 is 17.0 Å². The number of ether oxygens (including phenoxy) is 2. The van der Waals surface area contributed by atoms with E-state index in [1.807, 2.05) is 37.3 Å². The maximum Gasteiger partial charge on any atom is 0.320 e. The quantitative estimate of drug-likeness (QED) is 0.379. The molecule has 0 unspecified atom stereocenters. The topological polar surface area (TPSA) is 60.4 Å². The van der Waals surface area contributed by atoms with Gasteiger partial charge in [0.05, 0.1) is 25.2 Å². The van der Waals surface area contributed by atoms with Crippen molar-refractivity contribution in [2.24, 2.45) is 0 Å². The molecular weight excluding hydrogens is 462 g/mol. The van der Waals surface area contributed by atoms with Crippen LogP contribution in [-0.2, 0) is 0 Å². The molecule has 1 aromatic carbocycles. The van der Waals surface area contributed by atoms with Crippen molar-refractivity contribution in [1.82, 2.24) is 19.9 Å². The minimum atomic E-state index is -0.516. The highest BCUT2D eigenvalue weighted by atomic mass is 19.1. The smallest absolute Gasteiger partial charge is 0.320 e. The van der Waals surface area contributed by atoms with E-state index in [9.17, 15) is 4.39 Å². The second-order valence-corrected chi connectivity index (χ2v) is 9.02. The molecule has 2 aliphatic heterocycles. The van der Waals surface area contributed by atoms with Crippen LogP contribution in [0.5, 0.6) is 11.9 Å². The molecule has 0 radical (unpaired) electrons. The van der Waals surface area contributed by atoms with Crippen LogP contribution in [0.1, 0.15) is 36.8 Å². The Balaban J connectivity index is 0.00000148. The van der Waals surface area contributed by atoms with Gasteiger partial charge in [-0.1, -0.05) is 43.0 Å². The molecule has 0 spiro atoms. The normalized spacial score (nSPS) is 16.6. The van der Waals surface area contributed by atoms with E-state index >= 15 is 4.39 Å². The van der Waals surface area contributed by atoms with E-state index in [2.05, 4.69) is 26.4 Å². The largest absolute Gasteiger partial charge is 0.480 e. The molecule has 0 bridgehead atoms. The first-order valence-corrected chi connectivity index (χ1v) is 12.1. The van der Waals surface area contributed by atoms with Crippen molar-refractivity contribution in [3.05, 3.63) is 60.1 Å². The fraction of sp³-hybridized carbons (Fsp3) is 0.393. The average molecular weight is 495 g/mol. The van der Waals surface area contributed by atoms with Crippen LogP contribution in [0, 0.1) is 12.7 Å². The number of hydrogen-bond acceptors (Lipinski definition) is 6. The van der Waals surface area contributed by atoms with Crippen LogP contribution < -0.4 is 9.47 Å². The zero-order valence-electron chi connectivity index (χ0n) is 21.1. The highest BCUT2D eigenvalue weighted by Gasteiger charge is 2.45. The lowest BCUT2D eigenvalue weighted by Crippen LogP contribution is -2.43. The van der Waals surface area contributed by atoms with Crippen LogP contribution in [0.25, 0.3) is 28.2 Å². The van der Waals surface area contributed by atoms with Crippen LogP contribution in [0.2, 0.25) is 0 Å². The molecule has 0 saturated carbocycles. The highest BCUT2D eigenvalue weighted by molar-refractivity contribution is 5.87. The third-order valence-electron chi connectivity index (χ3n) is 7.15. The Morgan fingerprint density at radius 2 is 1.92 bits per heavy atom. The number of methoxy groups -OCH3 is 1. The summed E-state index contributed by atoms with van der Waals surface area (Å²) in [6.45, 7) is 8.38. The summed E-state index contributed by atoms with van der Waals surface area (Å²) in [4.78, 5) is 15.8. The van der Waals surface area contributed by atoms with E-state index < -0.39 is 5.82 Å². The van der Waals surface area contributed by atoms with Crippen molar-refractivity contribution in [3.63, 3.8) is 0 Å². The molecule has 2 fully saturated rings. The molecule has 0 aliphatic carbocycles. The Morgan fingerprint density at radius 1 is 1.17 bits per heavy atom. The van der Waals surface area contributed by atoms with Gasteiger partial charge in [-0.3, -0.25) is 14.3 Å². The number of alkyl halides is 1. The van der Waals surface area contributed by atoms with Gasteiger partial charge in [-0.2, -0.15) is 9.97 Å². The van der Waals surface area contributed by atoms with E-state index in [1.54, 1.807) is 12.3 Å². The van der Waals surface area contributed by atoms with Gasteiger partial charge >= 0.3 is 6.01 Å². The van der Waals surface area contributed by atoms with Gasteiger partial charge in [0.1, 0.15) is 17.8 Å². The minimum absolute atomic E-state index is 0.0456. The Labute approximate surface area is 210 Å². The SMILES string of the molecule is C=C/C=C\c1cccc(-c2ncc3c(OC)nc(OCC45CCCN4CCC5)nc3c2F)c1C.CF. The lowest BCUT2D eigenvalue weighted by Gasteiger charge is -2.31. The van der Waals surface area contributed by atoms with E-state index in [1.165, 1.54) is 20.0 Å². The first-order valence-electron chi connectivity index (χ1n) is 12.1. The molecule has 2 aliphatic rings. The number of hydrogen-bond donors (Lipinski definition) is 0. The monoisotopic (exact) mass is 494 g/mol. The highest BCUT2D eigenvalue weighted by Crippen LogP contribution is 2.39. The molecule has 36 heavy (non-hydrogen) atoms. The Morgan fingerprint density at radius 3 is 2.61 bits per heavy atom. The van der Waals surface area contributed by atoms with Crippen LogP contribution in [0.4, 0.5) is 8.78 Å². The molecular formula is C28H32F2N4O2. The number of pyridine rings is 1. The molecule has 0 amide bonds. The van der Waals surface area contributed by atoms with Gasteiger partial charge in [-0.05, 0) is 56.8 Å². The van der Waals surface area contributed by atoms with Crippen LogP contribution in [-0.4, -0.2) is 59.4 Å². The number of allylic oxidation sites excluding steroid dienone is 2. The van der Waals surface area contributed by atoms with Crippen molar-refractivity contribution < 1.29 is 18.3 Å². The van der Waals surface area contributed by atoms with Gasteiger partial charge in [0.2, 0.25) is 5.88 Å². The second kappa shape index (κ2) is 11.1. The molecule has 0 N–H and O–H groups in total. The van der Waals surface area contributed by atoms with Gasteiger partial charge in [0.15, 0.2) is 5.82 Å². The van der Waals surface area contributed by atoms with E-state index in [0.717, 1.165) is 37.1 Å². The lowest BCUT2D eigenvalue weighted by molar-refractivity contribution is 0.107. The van der Waals surface area contributed by atoms with Crippen molar-refractivity contribution in [1.29, 1.82) is 0 Å². The first-order chi connectivity index (χ1) is 17.6. The molecule has 4 heterocycles. The minimum Gasteiger partial charge on any atom is -0.480 e. The van der Waals surface area contributed by atoms with Crippen LogP contribution in [0.15, 0.2) is 43.1 Å². The Hall–Kier alpha value is -3.39. The zero-order valence-corrected chi connectivity index (χ0v) is 21.1. The Bertz CT molecular complexity index is 1270. The van der Waals surface area contributed by atoms with Gasteiger partial charge in [-0.15, -0.1) is 0 Å². The fourth-order valence-electron chi connectivity index (χ4n) is 5.34. The standard InChI is InChI=1S/C27H29FN4O2.CH3F/c1-4-5-9-19-10-6-11-20(18(19)2)23-22(28)24-21(16-29-23)25(33-3)31-26(30-24)34-17-27-12-7-14-32(27)15-8-13-27;1-2/h4-6,9-11,16H,1,7-8,12-15,17H2,2-3H3;1H3/b9-5-;. The van der Waals surface area contributed by atoms with Crippen molar-refractivity contribution in [2.75, 3.05) is 34.0 Å². The predicted molar refractivity (Wildman–Crippen MR) is 139 cm³/mol. The first kappa shape index (κ1) is 25.7. The number of nitrogens with zero attached hydrogens (tertiary/aromatic N) is 4. The molecule has 3 aromatic rings. The van der Waals surface area contributed by atoms with Crippen molar-refractivity contribution in [2.45, 2.75) is 38.1 Å². The summed E-state index contributed by atoms with van der Waals surface area (Å²) in [6, 6.07) is 5.86. The average Bonchev–Trinajstić information content (AvgIpc) is 3.49. The number of halogens is 2. The molecule has 8 heteroatoms. The molecule has 2 saturated heterocycles. The Kier molecular flexibility index (Phi) is 7.94. The summed E-state index contributed by atoms with van der Waals surface area (Å²) in [5.74, 6) is -0.262. The molecule has 6 nitrogen and oxygen atoms in total. The van der Waals surface area contributed by atoms with E-state index in [4.69, 9.17) is 9.47 Å². The van der Waals surface area contributed by atoms with Crippen molar-refractivity contribution in [3.8, 4) is 23.1 Å². The molecule has 0 atom stereocenters. The van der Waals surface area contributed by atoms with Gasteiger partial charge in [-0.25, -0.2) is 4.39 Å². The summed E-state index contributed by atoms with van der Waals surface area (Å²) < 4.78 is 36.9. The summed E-state index contributed by atoms with van der Waals surface area (Å²) in [5.41, 5.74) is 3.03. The number of aromatic nitrogens is 3. The summed E-state index contributed by atoms with van der Waals surface area (Å²) in [6.07, 6.45) is 11.6. The van der Waals surface area contributed by atoms with Gasteiger partial charge in [0.25, 0.3) is 0 Å².